The van der Waals surface area contributed by atoms with E-state index in [9.17, 15) is 20.1 Å². The zero-order chi connectivity index (χ0) is 40.0. The van der Waals surface area contributed by atoms with E-state index in [2.05, 4.69) is 54.6 Å². The molecule has 14 nitrogen and oxygen atoms in total. The van der Waals surface area contributed by atoms with Gasteiger partial charge in [0, 0.05) is 55.6 Å². The number of ether oxygens (including phenoxy) is 1. The van der Waals surface area contributed by atoms with Gasteiger partial charge in [-0.05, 0) is 105 Å². The molecule has 1 aromatic carbocycles. The number of carboxylic acids is 1. The van der Waals surface area contributed by atoms with Crippen LogP contribution in [0.4, 0.5) is 16.8 Å². The van der Waals surface area contributed by atoms with Gasteiger partial charge in [-0.3, -0.25) is 4.68 Å². The van der Waals surface area contributed by atoms with E-state index in [0.717, 1.165) is 70.8 Å². The van der Waals surface area contributed by atoms with Crippen LogP contribution in [0.5, 0.6) is 0 Å². The summed E-state index contributed by atoms with van der Waals surface area (Å²) in [5, 5.41) is 53.4. The second-order valence-corrected chi connectivity index (χ2v) is 18.7. The van der Waals surface area contributed by atoms with Crippen LogP contribution in [0.2, 0.25) is 0 Å². The number of para-hydroxylation sites is 1. The summed E-state index contributed by atoms with van der Waals surface area (Å²) < 4.78 is 9.99. The Bertz CT molecular complexity index is 2220. The van der Waals surface area contributed by atoms with Crippen LogP contribution in [0.1, 0.15) is 79.8 Å². The molecule has 2 unspecified atom stereocenters. The monoisotopic (exact) mass is 795 g/mol. The van der Waals surface area contributed by atoms with Gasteiger partial charge in [0.2, 0.25) is 0 Å². The zero-order valence-corrected chi connectivity index (χ0v) is 34.0. The Labute approximate surface area is 336 Å². The van der Waals surface area contributed by atoms with Crippen molar-refractivity contribution in [2.45, 2.75) is 84.9 Å². The number of pyridine rings is 1. The topological polar surface area (TPSA) is 192 Å². The number of hydrogen-bond acceptors (Lipinski definition) is 13. The molecule has 15 heteroatoms. The van der Waals surface area contributed by atoms with Crippen LogP contribution in [0.3, 0.4) is 0 Å². The quantitative estimate of drug-likeness (QED) is 0.0572. The summed E-state index contributed by atoms with van der Waals surface area (Å²) in [4.78, 5) is 21.8. The van der Waals surface area contributed by atoms with Crippen LogP contribution in [0.15, 0.2) is 48.7 Å². The summed E-state index contributed by atoms with van der Waals surface area (Å²) >= 11 is 1.55. The van der Waals surface area contributed by atoms with E-state index in [4.69, 9.17) is 9.84 Å². The highest BCUT2D eigenvalue weighted by atomic mass is 32.1. The summed E-state index contributed by atoms with van der Waals surface area (Å²) in [7, 11) is 0. The lowest BCUT2D eigenvalue weighted by atomic mass is 9.39. The Morgan fingerprint density at radius 3 is 2.46 bits per heavy atom. The molecule has 0 saturated heterocycles. The minimum atomic E-state index is -1.11. The maximum Gasteiger partial charge on any atom is 0.355 e. The van der Waals surface area contributed by atoms with E-state index >= 15 is 0 Å². The van der Waals surface area contributed by atoms with Crippen LogP contribution in [0.25, 0.3) is 21.3 Å². The van der Waals surface area contributed by atoms with Crippen molar-refractivity contribution in [2.24, 2.45) is 22.2 Å². The van der Waals surface area contributed by atoms with Crippen LogP contribution >= 0.6 is 11.3 Å². The molecule has 4 aromatic heterocycles. The fraction of sp³-hybridized carbons (Fsp3) is 0.524. The van der Waals surface area contributed by atoms with Crippen molar-refractivity contribution in [1.82, 2.24) is 35.3 Å². The first-order chi connectivity index (χ1) is 27.3. The van der Waals surface area contributed by atoms with E-state index in [1.807, 2.05) is 50.2 Å². The van der Waals surface area contributed by atoms with Gasteiger partial charge in [-0.25, -0.2) is 14.8 Å². The lowest BCUT2D eigenvalue weighted by molar-refractivity contribution is -0.247. The summed E-state index contributed by atoms with van der Waals surface area (Å²) in [6.07, 6.45) is 8.24. The minimum absolute atomic E-state index is 0.00522. The molecule has 0 spiro atoms. The van der Waals surface area contributed by atoms with E-state index in [0.29, 0.717) is 49.1 Å². The number of aliphatic hydroxyl groups is 2. The fourth-order valence-corrected chi connectivity index (χ4v) is 11.9. The number of nitrogens with one attached hydrogen (secondary N) is 3. The van der Waals surface area contributed by atoms with Crippen molar-refractivity contribution >= 4 is 44.3 Å². The van der Waals surface area contributed by atoms with Crippen molar-refractivity contribution in [3.05, 3.63) is 71.3 Å². The number of anilines is 3. The predicted molar refractivity (Wildman–Crippen MR) is 220 cm³/mol. The van der Waals surface area contributed by atoms with Gasteiger partial charge >= 0.3 is 5.97 Å². The molecule has 0 radical (unpaired) electrons. The van der Waals surface area contributed by atoms with Gasteiger partial charge in [0.05, 0.1) is 40.9 Å². The number of aromatic carboxylic acids is 1. The number of hydrogen-bond donors (Lipinski definition) is 6. The largest absolute Gasteiger partial charge is 0.476 e. The normalized spacial score (nSPS) is 25.1. The molecule has 2 atom stereocenters. The van der Waals surface area contributed by atoms with Crippen molar-refractivity contribution in [1.29, 1.82) is 0 Å². The number of rotatable bonds is 17. The fourth-order valence-electron chi connectivity index (χ4n) is 11.1. The molecule has 4 bridgehead atoms. The number of benzene rings is 1. The maximum atomic E-state index is 12.6. The number of aryl methyl sites for hydroxylation is 1. The lowest BCUT2D eigenvalue weighted by Gasteiger charge is -2.69. The highest BCUT2D eigenvalue weighted by Gasteiger charge is 2.66. The molecule has 9 rings (SSSR count). The van der Waals surface area contributed by atoms with Gasteiger partial charge in [-0.15, -0.1) is 5.10 Å². The molecule has 57 heavy (non-hydrogen) atoms. The summed E-state index contributed by atoms with van der Waals surface area (Å²) in [6.45, 7) is 11.6. The Kier molecular flexibility index (Phi) is 10.6. The number of carbonyl (C=O) groups is 1. The van der Waals surface area contributed by atoms with E-state index in [-0.39, 0.29) is 46.7 Å². The summed E-state index contributed by atoms with van der Waals surface area (Å²) in [6, 6.07) is 13.5. The number of aliphatic hydroxyl groups excluding tert-OH is 2. The maximum absolute atomic E-state index is 12.6. The molecule has 4 aliphatic rings. The molecular formula is C42H53N9O5S. The zero-order valence-electron chi connectivity index (χ0n) is 33.1. The molecule has 302 valence electrons. The first kappa shape index (κ1) is 39.3. The second-order valence-electron chi connectivity index (χ2n) is 17.7. The first-order valence-corrected chi connectivity index (χ1v) is 20.7. The van der Waals surface area contributed by atoms with Crippen LogP contribution in [-0.4, -0.2) is 89.7 Å². The average molecular weight is 796 g/mol. The van der Waals surface area contributed by atoms with Gasteiger partial charge in [0.1, 0.15) is 5.82 Å². The first-order valence-electron chi connectivity index (χ1n) is 19.8. The number of thiazole rings is 1. The molecule has 4 saturated carbocycles. The predicted octanol–water partition coefficient (Wildman–Crippen LogP) is 6.34. The third-order valence-corrected chi connectivity index (χ3v) is 13.2. The lowest BCUT2D eigenvalue weighted by Crippen LogP contribution is -2.64. The van der Waals surface area contributed by atoms with Gasteiger partial charge in [-0.2, -0.15) is 10.2 Å². The summed E-state index contributed by atoms with van der Waals surface area (Å²) in [5.41, 5.74) is 4.81. The molecule has 0 aliphatic heterocycles. The van der Waals surface area contributed by atoms with E-state index in [1.54, 1.807) is 23.6 Å². The van der Waals surface area contributed by atoms with E-state index < -0.39 is 5.97 Å². The van der Waals surface area contributed by atoms with Crippen LogP contribution in [-0.2, 0) is 17.8 Å². The Hall–Kier alpha value is -4.54. The Balaban J connectivity index is 0.944. The van der Waals surface area contributed by atoms with E-state index in [1.165, 1.54) is 6.42 Å². The number of fused-ring (bicyclic) bond motifs is 1. The third-order valence-electron chi connectivity index (χ3n) is 12.3. The molecule has 4 aliphatic carbocycles. The van der Waals surface area contributed by atoms with Gasteiger partial charge in [0.25, 0.3) is 0 Å². The molecule has 4 heterocycles. The molecule has 0 amide bonds. The van der Waals surface area contributed by atoms with Crippen LogP contribution < -0.4 is 16.0 Å². The summed E-state index contributed by atoms with van der Waals surface area (Å²) in [5.74, 6) is -0.227. The minimum Gasteiger partial charge on any atom is -0.476 e. The number of aromatic nitrogens is 6. The smallest absolute Gasteiger partial charge is 0.355 e. The average Bonchev–Trinajstić information content (AvgIpc) is 3.73. The standard InChI is InChI=1S/C42H53N9O5S/c1-26-13-29(49-50-36(26)48-38-46-32-7-5-6-8-33(32)57-38)15-44-34-10-9-30(35(47-34)37(54)55)31-16-45-51(27(31)2)25-41-20-39(3)19-40(4,21-41)23-42(22-39,24-41)56-12-11-43-14-28(17-52)18-53/h5-10,13,16,28,43,52-53H,11-12,14-15,17-25H2,1-4H3,(H,44,47)(H,54,55)(H,46,48,50). The SMILES string of the molecule is Cc1cc(CNc2ccc(-c3cnn(CC45CC6(C)CC(C)(C4)CC(OCCNCC(CO)CO)(C6)C5)c3C)c(C(=O)O)n2)nnc1Nc1nc2ccccc2s1. The number of carboxylic acid groups (broad SMARTS) is 1. The van der Waals surface area contributed by atoms with Gasteiger partial charge in [0.15, 0.2) is 16.6 Å². The molecule has 6 N–H and O–H groups in total. The molecule has 4 fully saturated rings. The van der Waals surface area contributed by atoms with Crippen molar-refractivity contribution in [2.75, 3.05) is 43.5 Å². The van der Waals surface area contributed by atoms with Crippen molar-refractivity contribution in [3.8, 4) is 11.1 Å². The highest BCUT2D eigenvalue weighted by Crippen LogP contribution is 2.72. The highest BCUT2D eigenvalue weighted by molar-refractivity contribution is 7.22. The molecular weight excluding hydrogens is 743 g/mol. The van der Waals surface area contributed by atoms with Crippen molar-refractivity contribution in [3.63, 3.8) is 0 Å². The van der Waals surface area contributed by atoms with Crippen molar-refractivity contribution < 1.29 is 24.9 Å². The van der Waals surface area contributed by atoms with Crippen LogP contribution in [0, 0.1) is 36.0 Å². The third kappa shape index (κ3) is 8.13. The molecule has 5 aromatic rings. The second kappa shape index (κ2) is 15.3. The number of nitrogens with zero attached hydrogens (tertiary/aromatic N) is 6. The van der Waals surface area contributed by atoms with Gasteiger partial charge in [-0.1, -0.05) is 37.3 Å². The Morgan fingerprint density at radius 1 is 0.965 bits per heavy atom. The van der Waals surface area contributed by atoms with Gasteiger partial charge < -0.3 is 36.0 Å². The Morgan fingerprint density at radius 2 is 1.74 bits per heavy atom.